The van der Waals surface area contributed by atoms with Crippen molar-refractivity contribution in [1.82, 2.24) is 47.5 Å². The lowest BCUT2D eigenvalue weighted by molar-refractivity contribution is -0.142. The number of para-hydroxylation sites is 1. The lowest BCUT2D eigenvalue weighted by atomic mass is 10.0. The van der Waals surface area contributed by atoms with Gasteiger partial charge < -0.3 is 68.8 Å². The van der Waals surface area contributed by atoms with Gasteiger partial charge in [-0.1, -0.05) is 78.9 Å². The van der Waals surface area contributed by atoms with E-state index in [0.717, 1.165) is 16.5 Å². The highest BCUT2D eigenvalue weighted by Gasteiger charge is 2.33. The maximum absolute atomic E-state index is 14.4. The van der Waals surface area contributed by atoms with Crippen LogP contribution >= 0.6 is 0 Å². The SMILES string of the molecule is CC(=O)N[C@@H](CCCN=C(N)N)C(=O)NC1CCC(=O)NCCCC(C(=O)O)NC(=O)[C@H](Cc2c[nH]c3ccccc23)NC(=O)CNC(=O)C(Cc2ccccc2)NC(=O)[C@H](COCc2ccccc2)NC1=O. The van der Waals surface area contributed by atoms with Gasteiger partial charge in [-0.25, -0.2) is 4.79 Å². The number of ether oxygens (including phenoxy) is 1. The number of carboxylic acids is 1. The summed E-state index contributed by atoms with van der Waals surface area (Å²) in [6.45, 7) is 0.170. The number of amides is 8. The number of H-pyrrole nitrogens is 1. The van der Waals surface area contributed by atoms with Crippen LogP contribution in [-0.4, -0.2) is 132 Å². The predicted molar refractivity (Wildman–Crippen MR) is 268 cm³/mol. The van der Waals surface area contributed by atoms with Crippen molar-refractivity contribution in [2.75, 3.05) is 26.2 Å². The van der Waals surface area contributed by atoms with Crippen LogP contribution in [-0.2, 0) is 67.3 Å². The lowest BCUT2D eigenvalue weighted by Gasteiger charge is -2.26. The van der Waals surface area contributed by atoms with E-state index in [4.69, 9.17) is 16.2 Å². The van der Waals surface area contributed by atoms with E-state index in [0.29, 0.717) is 11.1 Å². The molecule has 1 fully saturated rings. The second kappa shape index (κ2) is 28.5. The van der Waals surface area contributed by atoms with Crippen molar-refractivity contribution in [3.05, 3.63) is 108 Å². The van der Waals surface area contributed by atoms with Crippen molar-refractivity contribution in [3.63, 3.8) is 0 Å². The fraction of sp³-hybridized carbons (Fsp3) is 0.400. The average molecular weight is 1010 g/mol. The Morgan fingerprint density at radius 2 is 1.41 bits per heavy atom. The molecule has 73 heavy (non-hydrogen) atoms. The van der Waals surface area contributed by atoms with Crippen molar-refractivity contribution in [3.8, 4) is 0 Å². The monoisotopic (exact) mass is 1010 g/mol. The standard InChI is InChI=1S/C50H64N12O11/c1-30(63)57-36(18-10-23-54-50(51)52)45(67)59-37-20-21-42(64)53-22-11-19-38(49(71)72)60-47(69)40(25-33-26-55-35-17-9-8-16-34(33)35)58-43(65)27-56-44(66)39(24-31-12-4-2-5-13-31)61-48(70)41(62-46(37)68)29-73-28-32-14-6-3-7-15-32/h2-9,12-17,26,36-41,55H,10-11,18-25,27-29H2,1H3,(H,53,64)(H,56,66)(H,57,63)(H,58,65)(H,59,67)(H,60,69)(H,61,70)(H,62,68)(H,71,72)(H4,51,52,54)/t36-,37?,38?,39?,40-,41-/m0/s1. The summed E-state index contributed by atoms with van der Waals surface area (Å²) in [5, 5.41) is 31.7. The molecule has 0 aliphatic carbocycles. The average Bonchev–Trinajstić information content (AvgIpc) is 3.77. The predicted octanol–water partition coefficient (Wildman–Crippen LogP) is -0.957. The van der Waals surface area contributed by atoms with Gasteiger partial charge in [0.2, 0.25) is 47.3 Å². The van der Waals surface area contributed by atoms with Crippen LogP contribution in [0.3, 0.4) is 0 Å². The van der Waals surface area contributed by atoms with Gasteiger partial charge in [-0.15, -0.1) is 0 Å². The minimum absolute atomic E-state index is 0.00858. The molecule has 23 heteroatoms. The summed E-state index contributed by atoms with van der Waals surface area (Å²) in [4.78, 5) is 129. The molecule has 0 spiro atoms. The van der Waals surface area contributed by atoms with Crippen molar-refractivity contribution >= 4 is 70.1 Å². The number of rotatable bonds is 16. The van der Waals surface area contributed by atoms with E-state index in [2.05, 4.69) is 52.5 Å². The molecule has 390 valence electrons. The lowest BCUT2D eigenvalue weighted by Crippen LogP contribution is -2.60. The Balaban J connectivity index is 1.46. The Kier molecular flexibility index (Phi) is 21.7. The summed E-state index contributed by atoms with van der Waals surface area (Å²) in [6, 6.07) is 16.5. The molecule has 6 atom stereocenters. The topological polar surface area (TPSA) is 360 Å². The first kappa shape index (κ1) is 55.6. The number of carbonyl (C=O) groups excluding carboxylic acids is 8. The van der Waals surface area contributed by atoms with E-state index >= 15 is 0 Å². The summed E-state index contributed by atoms with van der Waals surface area (Å²) in [5.41, 5.74) is 13.6. The zero-order chi connectivity index (χ0) is 52.7. The van der Waals surface area contributed by atoms with E-state index in [1.54, 1.807) is 66.9 Å². The zero-order valence-electron chi connectivity index (χ0n) is 40.4. The van der Waals surface area contributed by atoms with E-state index in [1.165, 1.54) is 6.92 Å². The number of aliphatic carboxylic acids is 1. The van der Waals surface area contributed by atoms with Gasteiger partial charge in [-0.05, 0) is 54.9 Å². The molecule has 1 saturated heterocycles. The Morgan fingerprint density at radius 3 is 2.11 bits per heavy atom. The van der Waals surface area contributed by atoms with Crippen LogP contribution in [0.1, 0.15) is 62.1 Å². The van der Waals surface area contributed by atoms with Crippen LogP contribution in [0.25, 0.3) is 10.9 Å². The van der Waals surface area contributed by atoms with Gasteiger partial charge in [0, 0.05) is 56.4 Å². The van der Waals surface area contributed by atoms with Crippen LogP contribution in [0.4, 0.5) is 0 Å². The summed E-state index contributed by atoms with van der Waals surface area (Å²) in [7, 11) is 0. The normalized spacial score (nSPS) is 20.4. The fourth-order valence-corrected chi connectivity index (χ4v) is 7.91. The molecule has 0 saturated carbocycles. The van der Waals surface area contributed by atoms with Crippen LogP contribution in [0.15, 0.2) is 96.1 Å². The van der Waals surface area contributed by atoms with Gasteiger partial charge in [0.15, 0.2) is 5.96 Å². The second-order valence-electron chi connectivity index (χ2n) is 17.4. The van der Waals surface area contributed by atoms with Gasteiger partial charge in [-0.3, -0.25) is 43.3 Å². The minimum Gasteiger partial charge on any atom is -0.480 e. The maximum atomic E-state index is 14.4. The molecular formula is C50H64N12O11. The highest BCUT2D eigenvalue weighted by Crippen LogP contribution is 2.19. The quantitative estimate of drug-likeness (QED) is 0.0366. The van der Waals surface area contributed by atoms with Crippen LogP contribution in [0, 0.1) is 0 Å². The number of nitrogens with one attached hydrogen (secondary N) is 9. The fourth-order valence-electron chi connectivity index (χ4n) is 7.91. The van der Waals surface area contributed by atoms with Crippen LogP contribution in [0.2, 0.25) is 0 Å². The number of aromatic amines is 1. The third kappa shape index (κ3) is 18.7. The molecule has 4 aromatic rings. The third-order valence-corrected chi connectivity index (χ3v) is 11.7. The Labute approximate surface area is 421 Å². The molecule has 1 aliphatic heterocycles. The molecule has 1 aromatic heterocycles. The number of carboxylic acid groups (broad SMARTS) is 1. The number of carbonyl (C=O) groups is 9. The summed E-state index contributed by atoms with van der Waals surface area (Å²) < 4.78 is 5.93. The summed E-state index contributed by atoms with van der Waals surface area (Å²) in [6.07, 6.45) is 1.05. The number of nitrogens with two attached hydrogens (primary N) is 2. The highest BCUT2D eigenvalue weighted by molar-refractivity contribution is 5.97. The Hall–Kier alpha value is -8.34. The number of aromatic nitrogens is 1. The van der Waals surface area contributed by atoms with Gasteiger partial charge >= 0.3 is 5.97 Å². The molecule has 0 radical (unpaired) electrons. The Morgan fingerprint density at radius 1 is 0.753 bits per heavy atom. The van der Waals surface area contributed by atoms with Crippen molar-refractivity contribution in [1.29, 1.82) is 0 Å². The second-order valence-corrected chi connectivity index (χ2v) is 17.4. The number of nitrogens with zero attached hydrogens (tertiary/aromatic N) is 1. The van der Waals surface area contributed by atoms with E-state index in [1.807, 2.05) is 24.3 Å². The molecule has 1 aliphatic rings. The molecule has 3 unspecified atom stereocenters. The Bertz CT molecular complexity index is 2570. The first-order chi connectivity index (χ1) is 35.1. The van der Waals surface area contributed by atoms with Gasteiger partial charge in [0.25, 0.3) is 0 Å². The number of aliphatic imine (C=N–C) groups is 1. The maximum Gasteiger partial charge on any atom is 0.326 e. The summed E-state index contributed by atoms with van der Waals surface area (Å²) >= 11 is 0. The molecular weight excluding hydrogens is 945 g/mol. The van der Waals surface area contributed by atoms with Crippen LogP contribution in [0.5, 0.6) is 0 Å². The largest absolute Gasteiger partial charge is 0.480 e. The number of fused-ring (bicyclic) bond motifs is 1. The number of hydrogen-bond acceptors (Lipinski definition) is 11. The van der Waals surface area contributed by atoms with Gasteiger partial charge in [0.05, 0.1) is 19.8 Å². The zero-order valence-corrected chi connectivity index (χ0v) is 40.4. The van der Waals surface area contributed by atoms with E-state index in [-0.39, 0.29) is 77.0 Å². The minimum atomic E-state index is -1.52. The van der Waals surface area contributed by atoms with E-state index < -0.39 is 103 Å². The smallest absolute Gasteiger partial charge is 0.326 e. The van der Waals surface area contributed by atoms with Crippen molar-refractivity contribution in [2.45, 2.75) is 101 Å². The first-order valence-corrected chi connectivity index (χ1v) is 23.9. The number of benzene rings is 3. The third-order valence-electron chi connectivity index (χ3n) is 11.7. The molecule has 3 aromatic carbocycles. The van der Waals surface area contributed by atoms with Gasteiger partial charge in [-0.2, -0.15) is 0 Å². The molecule has 2 heterocycles. The van der Waals surface area contributed by atoms with Crippen molar-refractivity contribution in [2.24, 2.45) is 16.5 Å². The number of hydrogen-bond donors (Lipinski definition) is 12. The van der Waals surface area contributed by atoms with Gasteiger partial charge in [0.1, 0.15) is 36.3 Å². The molecule has 8 amide bonds. The number of guanidine groups is 1. The molecule has 0 bridgehead atoms. The molecule has 14 N–H and O–H groups in total. The summed E-state index contributed by atoms with van der Waals surface area (Å²) in [5.74, 6) is -7.75. The molecule has 5 rings (SSSR count). The highest BCUT2D eigenvalue weighted by atomic mass is 16.5. The molecule has 23 nitrogen and oxygen atoms in total. The van der Waals surface area contributed by atoms with Crippen molar-refractivity contribution < 1.29 is 53.0 Å². The first-order valence-electron chi connectivity index (χ1n) is 23.9. The van der Waals surface area contributed by atoms with Crippen LogP contribution < -0.4 is 54.0 Å². The van der Waals surface area contributed by atoms with E-state index in [9.17, 15) is 48.3 Å².